The third-order valence-corrected chi connectivity index (χ3v) is 6.61. The van der Waals surface area contributed by atoms with Gasteiger partial charge in [-0.25, -0.2) is 0 Å². The predicted molar refractivity (Wildman–Crippen MR) is 103 cm³/mol. The van der Waals surface area contributed by atoms with E-state index in [4.69, 9.17) is 0 Å². The van der Waals surface area contributed by atoms with E-state index in [9.17, 15) is 10.2 Å². The maximum absolute atomic E-state index is 9.73. The summed E-state index contributed by atoms with van der Waals surface area (Å²) in [5, 5.41) is 19.5. The maximum Gasteiger partial charge on any atom is 0.115 e. The Labute approximate surface area is 151 Å². The van der Waals surface area contributed by atoms with Crippen LogP contribution in [0.1, 0.15) is 64.0 Å². The van der Waals surface area contributed by atoms with Crippen molar-refractivity contribution in [2.24, 2.45) is 11.3 Å². The standard InChI is InChI=1S/C23H30O2/c1-4-22(2,3)19-6-5-15-23(16-19,17-7-11-20(24)12-8-17)18-9-13-21(25)14-10-18/h7-14,19,24-25H,4-6,15-16H2,1-3H3. The topological polar surface area (TPSA) is 40.5 Å². The van der Waals surface area contributed by atoms with Crippen LogP contribution in [-0.2, 0) is 5.41 Å². The maximum atomic E-state index is 9.73. The molecular weight excluding hydrogens is 308 g/mol. The van der Waals surface area contributed by atoms with Gasteiger partial charge in [-0.1, -0.05) is 57.9 Å². The molecule has 1 saturated carbocycles. The van der Waals surface area contributed by atoms with Gasteiger partial charge in [0.15, 0.2) is 0 Å². The number of phenols is 2. The molecule has 0 radical (unpaired) electrons. The van der Waals surface area contributed by atoms with Crippen molar-refractivity contribution in [1.29, 1.82) is 0 Å². The van der Waals surface area contributed by atoms with Crippen molar-refractivity contribution in [2.75, 3.05) is 0 Å². The Hall–Kier alpha value is -1.96. The van der Waals surface area contributed by atoms with Crippen molar-refractivity contribution < 1.29 is 10.2 Å². The Kier molecular flexibility index (Phi) is 4.81. The van der Waals surface area contributed by atoms with Gasteiger partial charge in [0.1, 0.15) is 11.5 Å². The van der Waals surface area contributed by atoms with Crippen molar-refractivity contribution >= 4 is 0 Å². The Bertz CT molecular complexity index is 652. The molecule has 1 aliphatic carbocycles. The van der Waals surface area contributed by atoms with Crippen molar-refractivity contribution in [3.8, 4) is 11.5 Å². The van der Waals surface area contributed by atoms with Gasteiger partial charge in [0, 0.05) is 5.41 Å². The van der Waals surface area contributed by atoms with E-state index in [-0.39, 0.29) is 5.41 Å². The average molecular weight is 338 g/mol. The molecular formula is C23H30O2. The quantitative estimate of drug-likeness (QED) is 0.716. The zero-order valence-corrected chi connectivity index (χ0v) is 15.6. The van der Waals surface area contributed by atoms with E-state index in [1.165, 1.54) is 30.4 Å². The monoisotopic (exact) mass is 338 g/mol. The number of phenolic OH excluding ortho intramolecular Hbond substituents is 2. The Morgan fingerprint density at radius 2 is 1.40 bits per heavy atom. The molecule has 1 atom stereocenters. The minimum atomic E-state index is -0.0449. The van der Waals surface area contributed by atoms with Gasteiger partial charge in [-0.2, -0.15) is 0 Å². The van der Waals surface area contributed by atoms with Crippen molar-refractivity contribution in [3.63, 3.8) is 0 Å². The third-order valence-electron chi connectivity index (χ3n) is 6.61. The fraction of sp³-hybridized carbons (Fsp3) is 0.478. The molecule has 1 unspecified atom stereocenters. The van der Waals surface area contributed by atoms with E-state index < -0.39 is 0 Å². The highest BCUT2D eigenvalue weighted by Gasteiger charge is 2.43. The molecule has 0 amide bonds. The van der Waals surface area contributed by atoms with E-state index >= 15 is 0 Å². The number of aromatic hydroxyl groups is 2. The second-order valence-corrected chi connectivity index (χ2v) is 8.31. The van der Waals surface area contributed by atoms with Crippen LogP contribution < -0.4 is 0 Å². The lowest BCUT2D eigenvalue weighted by molar-refractivity contribution is 0.116. The Morgan fingerprint density at radius 3 is 1.84 bits per heavy atom. The van der Waals surface area contributed by atoms with Crippen LogP contribution in [0.3, 0.4) is 0 Å². The minimum Gasteiger partial charge on any atom is -0.508 e. The van der Waals surface area contributed by atoms with Gasteiger partial charge in [0.05, 0.1) is 0 Å². The smallest absolute Gasteiger partial charge is 0.115 e. The third kappa shape index (κ3) is 3.40. The molecule has 0 aromatic heterocycles. The number of rotatable bonds is 4. The molecule has 1 aliphatic rings. The fourth-order valence-corrected chi connectivity index (χ4v) is 4.48. The van der Waals surface area contributed by atoms with E-state index in [2.05, 4.69) is 45.0 Å². The van der Waals surface area contributed by atoms with Crippen LogP contribution in [0, 0.1) is 11.3 Å². The van der Waals surface area contributed by atoms with Crippen molar-refractivity contribution in [1.82, 2.24) is 0 Å². The second kappa shape index (κ2) is 6.74. The number of hydrogen-bond donors (Lipinski definition) is 2. The lowest BCUT2D eigenvalue weighted by Gasteiger charge is -2.47. The van der Waals surface area contributed by atoms with Crippen LogP contribution in [-0.4, -0.2) is 10.2 Å². The molecule has 0 spiro atoms. The van der Waals surface area contributed by atoms with E-state index in [1.807, 2.05) is 0 Å². The summed E-state index contributed by atoms with van der Waals surface area (Å²) in [6, 6.07) is 15.5. The molecule has 134 valence electrons. The number of hydrogen-bond acceptors (Lipinski definition) is 2. The average Bonchev–Trinajstić information content (AvgIpc) is 2.63. The lowest BCUT2D eigenvalue weighted by atomic mass is 9.57. The first-order chi connectivity index (χ1) is 11.9. The molecule has 25 heavy (non-hydrogen) atoms. The fourth-order valence-electron chi connectivity index (χ4n) is 4.48. The van der Waals surface area contributed by atoms with E-state index in [0.717, 1.165) is 12.8 Å². The summed E-state index contributed by atoms with van der Waals surface area (Å²) in [6.07, 6.45) is 5.88. The van der Waals surface area contributed by atoms with Gasteiger partial charge in [0.2, 0.25) is 0 Å². The van der Waals surface area contributed by atoms with Crippen LogP contribution in [0.5, 0.6) is 11.5 Å². The highest BCUT2D eigenvalue weighted by Crippen LogP contribution is 2.52. The van der Waals surface area contributed by atoms with Crippen molar-refractivity contribution in [2.45, 2.75) is 58.3 Å². The first-order valence-corrected chi connectivity index (χ1v) is 9.46. The Balaban J connectivity index is 2.09. The van der Waals surface area contributed by atoms with Crippen molar-refractivity contribution in [3.05, 3.63) is 59.7 Å². The zero-order chi connectivity index (χ0) is 18.1. The highest BCUT2D eigenvalue weighted by molar-refractivity contribution is 5.43. The minimum absolute atomic E-state index is 0.0449. The first-order valence-electron chi connectivity index (χ1n) is 9.46. The van der Waals surface area contributed by atoms with Gasteiger partial charge in [-0.15, -0.1) is 0 Å². The Morgan fingerprint density at radius 1 is 0.920 bits per heavy atom. The molecule has 2 aromatic rings. The first kappa shape index (κ1) is 17.8. The zero-order valence-electron chi connectivity index (χ0n) is 15.6. The summed E-state index contributed by atoms with van der Waals surface area (Å²) in [5.74, 6) is 1.28. The summed E-state index contributed by atoms with van der Waals surface area (Å²) in [4.78, 5) is 0. The van der Waals surface area contributed by atoms with Gasteiger partial charge < -0.3 is 10.2 Å². The lowest BCUT2D eigenvalue weighted by Crippen LogP contribution is -2.39. The number of benzene rings is 2. The van der Waals surface area contributed by atoms with Gasteiger partial charge in [-0.05, 0) is 66.0 Å². The van der Waals surface area contributed by atoms with Crippen LogP contribution in [0.2, 0.25) is 0 Å². The summed E-state index contributed by atoms with van der Waals surface area (Å²) >= 11 is 0. The van der Waals surface area contributed by atoms with Crippen LogP contribution >= 0.6 is 0 Å². The predicted octanol–water partition coefficient (Wildman–Crippen LogP) is 6.01. The molecule has 2 N–H and O–H groups in total. The van der Waals surface area contributed by atoms with E-state index in [0.29, 0.717) is 22.8 Å². The molecule has 0 bridgehead atoms. The normalized spacial score (nSPS) is 20.4. The molecule has 2 heteroatoms. The van der Waals surface area contributed by atoms with Gasteiger partial charge in [-0.3, -0.25) is 0 Å². The van der Waals surface area contributed by atoms with Gasteiger partial charge in [0.25, 0.3) is 0 Å². The molecule has 0 saturated heterocycles. The molecule has 1 fully saturated rings. The molecule has 2 aromatic carbocycles. The molecule has 0 heterocycles. The molecule has 3 rings (SSSR count). The summed E-state index contributed by atoms with van der Waals surface area (Å²) in [7, 11) is 0. The SMILES string of the molecule is CCC(C)(C)C1CCCC(c2ccc(O)cc2)(c2ccc(O)cc2)C1. The molecule has 2 nitrogen and oxygen atoms in total. The van der Waals surface area contributed by atoms with Crippen LogP contribution in [0.4, 0.5) is 0 Å². The van der Waals surface area contributed by atoms with Gasteiger partial charge >= 0.3 is 0 Å². The largest absolute Gasteiger partial charge is 0.508 e. The van der Waals surface area contributed by atoms with Crippen LogP contribution in [0.25, 0.3) is 0 Å². The van der Waals surface area contributed by atoms with E-state index in [1.54, 1.807) is 24.3 Å². The summed E-state index contributed by atoms with van der Waals surface area (Å²) in [5.41, 5.74) is 2.82. The highest BCUT2D eigenvalue weighted by atomic mass is 16.3. The van der Waals surface area contributed by atoms with Crippen LogP contribution in [0.15, 0.2) is 48.5 Å². The molecule has 0 aliphatic heterocycles. The second-order valence-electron chi connectivity index (χ2n) is 8.31. The summed E-state index contributed by atoms with van der Waals surface area (Å²) < 4.78 is 0. The summed E-state index contributed by atoms with van der Waals surface area (Å²) in [6.45, 7) is 7.07.